The molecular formula is C19H25N7. The summed E-state index contributed by atoms with van der Waals surface area (Å²) in [4.78, 5) is 11.3. The Labute approximate surface area is 153 Å². The third kappa shape index (κ3) is 3.21. The molecule has 3 aromatic rings. The van der Waals surface area contributed by atoms with Gasteiger partial charge in [-0.3, -0.25) is 4.40 Å². The van der Waals surface area contributed by atoms with Crippen LogP contribution in [0, 0.1) is 0 Å². The highest BCUT2D eigenvalue weighted by molar-refractivity contribution is 5.62. The van der Waals surface area contributed by atoms with Gasteiger partial charge >= 0.3 is 0 Å². The Hall–Kier alpha value is -2.70. The maximum atomic E-state index is 4.51. The van der Waals surface area contributed by atoms with E-state index in [0.29, 0.717) is 6.54 Å². The molecule has 7 nitrogen and oxygen atoms in total. The van der Waals surface area contributed by atoms with Gasteiger partial charge in [-0.25, -0.2) is 9.97 Å². The first-order chi connectivity index (χ1) is 12.5. The van der Waals surface area contributed by atoms with Gasteiger partial charge in [-0.05, 0) is 30.5 Å². The van der Waals surface area contributed by atoms with Gasteiger partial charge in [0.1, 0.15) is 11.6 Å². The normalized spacial score (nSPS) is 15.0. The van der Waals surface area contributed by atoms with Gasteiger partial charge < -0.3 is 10.2 Å². The first-order valence-corrected chi connectivity index (χ1v) is 9.16. The molecule has 0 aromatic carbocycles. The van der Waals surface area contributed by atoms with Crippen LogP contribution >= 0.6 is 0 Å². The number of nitrogens with one attached hydrogen (secondary N) is 1. The molecule has 0 saturated carbocycles. The van der Waals surface area contributed by atoms with E-state index in [0.717, 1.165) is 36.2 Å². The molecule has 1 aliphatic rings. The van der Waals surface area contributed by atoms with E-state index in [1.54, 1.807) is 6.20 Å². The number of hydrogen-bond donors (Lipinski definition) is 1. The van der Waals surface area contributed by atoms with Gasteiger partial charge in [-0.2, -0.15) is 0 Å². The number of nitrogens with zero attached hydrogens (tertiary/aromatic N) is 6. The molecule has 7 heteroatoms. The SMILES string of the molecule is CC(C)(C)c1nnc2c(NCc3ccnc(N4CCCC4)c3)nccn12. The summed E-state index contributed by atoms with van der Waals surface area (Å²) in [7, 11) is 0. The Morgan fingerprint density at radius 1 is 1.08 bits per heavy atom. The average Bonchev–Trinajstić information content (AvgIpc) is 3.29. The van der Waals surface area contributed by atoms with Crippen LogP contribution in [0.25, 0.3) is 5.65 Å². The average molecular weight is 351 g/mol. The van der Waals surface area contributed by atoms with Gasteiger partial charge in [0.05, 0.1) is 0 Å². The number of hydrogen-bond acceptors (Lipinski definition) is 6. The molecule has 1 N–H and O–H groups in total. The third-order valence-electron chi connectivity index (χ3n) is 4.70. The molecule has 0 spiro atoms. The zero-order valence-electron chi connectivity index (χ0n) is 15.6. The minimum atomic E-state index is -0.0756. The van der Waals surface area contributed by atoms with Crippen molar-refractivity contribution < 1.29 is 0 Å². The summed E-state index contributed by atoms with van der Waals surface area (Å²) < 4.78 is 2.01. The van der Waals surface area contributed by atoms with Crippen molar-refractivity contribution in [3.8, 4) is 0 Å². The molecule has 1 fully saturated rings. The lowest BCUT2D eigenvalue weighted by Crippen LogP contribution is -2.19. The minimum absolute atomic E-state index is 0.0756. The zero-order valence-corrected chi connectivity index (χ0v) is 15.6. The number of fused-ring (bicyclic) bond motifs is 1. The molecule has 136 valence electrons. The zero-order chi connectivity index (χ0) is 18.1. The molecule has 0 bridgehead atoms. The number of anilines is 2. The van der Waals surface area contributed by atoms with Crippen LogP contribution in [0.1, 0.15) is 45.0 Å². The first-order valence-electron chi connectivity index (χ1n) is 9.16. The summed E-state index contributed by atoms with van der Waals surface area (Å²) in [5.74, 6) is 2.73. The van der Waals surface area contributed by atoms with Crippen molar-refractivity contribution in [3.05, 3.63) is 42.1 Å². The minimum Gasteiger partial charge on any atom is -0.363 e. The van der Waals surface area contributed by atoms with E-state index in [1.165, 1.54) is 18.4 Å². The van der Waals surface area contributed by atoms with Crippen molar-refractivity contribution in [2.75, 3.05) is 23.3 Å². The molecule has 26 heavy (non-hydrogen) atoms. The highest BCUT2D eigenvalue weighted by Crippen LogP contribution is 2.23. The third-order valence-corrected chi connectivity index (χ3v) is 4.70. The van der Waals surface area contributed by atoms with E-state index in [-0.39, 0.29) is 5.41 Å². The molecule has 0 unspecified atom stereocenters. The van der Waals surface area contributed by atoms with E-state index >= 15 is 0 Å². The van der Waals surface area contributed by atoms with Gasteiger partial charge in [0.2, 0.25) is 5.65 Å². The molecule has 0 amide bonds. The Bertz CT molecular complexity index is 904. The smallest absolute Gasteiger partial charge is 0.203 e. The molecule has 3 aromatic heterocycles. The lowest BCUT2D eigenvalue weighted by Gasteiger charge is -2.17. The Morgan fingerprint density at radius 3 is 2.65 bits per heavy atom. The largest absolute Gasteiger partial charge is 0.363 e. The van der Waals surface area contributed by atoms with E-state index in [9.17, 15) is 0 Å². The quantitative estimate of drug-likeness (QED) is 0.779. The van der Waals surface area contributed by atoms with Crippen LogP contribution in [-0.4, -0.2) is 37.7 Å². The fourth-order valence-electron chi connectivity index (χ4n) is 3.34. The number of aromatic nitrogens is 5. The predicted molar refractivity (Wildman–Crippen MR) is 102 cm³/mol. The monoisotopic (exact) mass is 351 g/mol. The highest BCUT2D eigenvalue weighted by atomic mass is 15.3. The number of pyridine rings is 1. The lowest BCUT2D eigenvalue weighted by atomic mass is 9.96. The van der Waals surface area contributed by atoms with Crippen LogP contribution in [-0.2, 0) is 12.0 Å². The van der Waals surface area contributed by atoms with Gasteiger partial charge in [-0.1, -0.05) is 20.8 Å². The summed E-state index contributed by atoms with van der Waals surface area (Å²) >= 11 is 0. The van der Waals surface area contributed by atoms with E-state index in [2.05, 4.69) is 57.2 Å². The van der Waals surface area contributed by atoms with Crippen molar-refractivity contribution >= 4 is 17.3 Å². The van der Waals surface area contributed by atoms with Crippen molar-refractivity contribution in [2.24, 2.45) is 0 Å². The van der Waals surface area contributed by atoms with Crippen LogP contribution in [0.4, 0.5) is 11.6 Å². The maximum Gasteiger partial charge on any atom is 0.203 e. The Morgan fingerprint density at radius 2 is 1.88 bits per heavy atom. The second kappa shape index (κ2) is 6.55. The van der Waals surface area contributed by atoms with E-state index in [1.807, 2.05) is 22.9 Å². The van der Waals surface area contributed by atoms with E-state index < -0.39 is 0 Å². The topological polar surface area (TPSA) is 71.2 Å². The fourth-order valence-corrected chi connectivity index (χ4v) is 3.34. The van der Waals surface area contributed by atoms with Gasteiger partial charge in [-0.15, -0.1) is 10.2 Å². The first kappa shape index (κ1) is 16.8. The Kier molecular flexibility index (Phi) is 4.22. The van der Waals surface area contributed by atoms with Gasteiger partial charge in [0.25, 0.3) is 0 Å². The molecule has 4 heterocycles. The summed E-state index contributed by atoms with van der Waals surface area (Å²) in [6, 6.07) is 4.19. The van der Waals surface area contributed by atoms with Crippen LogP contribution < -0.4 is 10.2 Å². The second-order valence-corrected chi connectivity index (χ2v) is 7.81. The maximum absolute atomic E-state index is 4.51. The molecular weight excluding hydrogens is 326 g/mol. The molecule has 0 radical (unpaired) electrons. The summed E-state index contributed by atoms with van der Waals surface area (Å²) in [5.41, 5.74) is 1.86. The van der Waals surface area contributed by atoms with Crippen LogP contribution in [0.5, 0.6) is 0 Å². The summed E-state index contributed by atoms with van der Waals surface area (Å²) in [6.45, 7) is 9.27. The van der Waals surface area contributed by atoms with Crippen LogP contribution in [0.3, 0.4) is 0 Å². The molecule has 0 atom stereocenters. The summed E-state index contributed by atoms with van der Waals surface area (Å²) in [5, 5.41) is 12.1. The molecule has 4 rings (SSSR count). The van der Waals surface area contributed by atoms with Crippen molar-refractivity contribution in [2.45, 2.75) is 45.6 Å². The van der Waals surface area contributed by atoms with Crippen molar-refractivity contribution in [1.29, 1.82) is 0 Å². The highest BCUT2D eigenvalue weighted by Gasteiger charge is 2.22. The van der Waals surface area contributed by atoms with Crippen LogP contribution in [0.2, 0.25) is 0 Å². The Balaban J connectivity index is 1.55. The lowest BCUT2D eigenvalue weighted by molar-refractivity contribution is 0.538. The molecule has 1 aliphatic heterocycles. The van der Waals surface area contributed by atoms with Crippen LogP contribution in [0.15, 0.2) is 30.7 Å². The van der Waals surface area contributed by atoms with Crippen molar-refractivity contribution in [1.82, 2.24) is 24.6 Å². The second-order valence-electron chi connectivity index (χ2n) is 7.81. The predicted octanol–water partition coefficient (Wildman–Crippen LogP) is 3.03. The van der Waals surface area contributed by atoms with E-state index in [4.69, 9.17) is 0 Å². The van der Waals surface area contributed by atoms with Crippen molar-refractivity contribution in [3.63, 3.8) is 0 Å². The molecule has 1 saturated heterocycles. The number of rotatable bonds is 4. The summed E-state index contributed by atoms with van der Waals surface area (Å²) in [6.07, 6.45) is 8.08. The molecule has 0 aliphatic carbocycles. The fraction of sp³-hybridized carbons (Fsp3) is 0.474. The standard InChI is InChI=1S/C19H25N7/c1-19(2,3)18-24-23-17-16(21-8-11-26(17)18)22-13-14-6-7-20-15(12-14)25-9-4-5-10-25/h6-8,11-12H,4-5,9-10,13H2,1-3H3,(H,21,22). The van der Waals surface area contributed by atoms with Gasteiger partial charge in [0.15, 0.2) is 5.82 Å². The van der Waals surface area contributed by atoms with Gasteiger partial charge in [0, 0.05) is 43.6 Å².